The highest BCUT2D eigenvalue weighted by Crippen LogP contribution is 2.26. The van der Waals surface area contributed by atoms with Crippen LogP contribution in [-0.4, -0.2) is 11.2 Å². The highest BCUT2D eigenvalue weighted by Gasteiger charge is 2.05. The van der Waals surface area contributed by atoms with Gasteiger partial charge >= 0.3 is 0 Å². The second kappa shape index (κ2) is 5.27. The molecule has 19 heavy (non-hydrogen) atoms. The van der Waals surface area contributed by atoms with E-state index < -0.39 is 0 Å². The monoisotopic (exact) mass is 291 g/mol. The van der Waals surface area contributed by atoms with Crippen molar-refractivity contribution in [3.05, 3.63) is 51.8 Å². The van der Waals surface area contributed by atoms with Crippen LogP contribution >= 0.6 is 22.9 Å². The molecule has 0 saturated heterocycles. The number of aromatic nitrogens is 1. The summed E-state index contributed by atoms with van der Waals surface area (Å²) in [5, 5.41) is 1.20. The molecule has 2 nitrogen and oxygen atoms in total. The highest BCUT2D eigenvalue weighted by atomic mass is 35.5. The first-order valence-corrected chi connectivity index (χ1v) is 7.41. The quantitative estimate of drug-likeness (QED) is 0.673. The number of fused-ring (bicyclic) bond motifs is 1. The van der Waals surface area contributed by atoms with Crippen LogP contribution in [0.5, 0.6) is 5.75 Å². The van der Waals surface area contributed by atoms with Crippen molar-refractivity contribution in [3.8, 4) is 5.75 Å². The van der Waals surface area contributed by atoms with Gasteiger partial charge in [-0.05, 0) is 43.3 Å². The summed E-state index contributed by atoms with van der Waals surface area (Å²) in [4.78, 5) is 1.26. The van der Waals surface area contributed by atoms with Crippen LogP contribution < -0.4 is 4.74 Å². The smallest absolute Gasteiger partial charge is 0.120 e. The summed E-state index contributed by atoms with van der Waals surface area (Å²) in [7, 11) is 0. The number of ether oxygens (including phenoxy) is 1. The molecule has 0 unspecified atom stereocenters. The molecule has 0 aliphatic rings. The van der Waals surface area contributed by atoms with E-state index in [1.165, 1.54) is 15.8 Å². The van der Waals surface area contributed by atoms with Crippen LogP contribution in [0.4, 0.5) is 0 Å². The highest BCUT2D eigenvalue weighted by molar-refractivity contribution is 7.16. The third kappa shape index (κ3) is 2.62. The zero-order chi connectivity index (χ0) is 13.2. The second-order valence-corrected chi connectivity index (χ2v) is 6.10. The molecule has 0 fully saturated rings. The van der Waals surface area contributed by atoms with Crippen molar-refractivity contribution in [2.45, 2.75) is 13.5 Å². The molecule has 0 bridgehead atoms. The minimum absolute atomic E-state index is 0.694. The van der Waals surface area contributed by atoms with E-state index in [0.717, 1.165) is 16.6 Å². The van der Waals surface area contributed by atoms with Crippen molar-refractivity contribution in [1.82, 2.24) is 4.57 Å². The van der Waals surface area contributed by atoms with Gasteiger partial charge in [0.05, 0.1) is 17.5 Å². The maximum absolute atomic E-state index is 5.97. The average Bonchev–Trinajstić information content (AvgIpc) is 2.97. The molecule has 0 atom stereocenters. The normalized spacial score (nSPS) is 11.1. The Balaban J connectivity index is 1.92. The lowest BCUT2D eigenvalue weighted by Gasteiger charge is -2.05. The van der Waals surface area contributed by atoms with E-state index in [1.807, 2.05) is 19.1 Å². The van der Waals surface area contributed by atoms with Crippen LogP contribution in [0, 0.1) is 0 Å². The summed E-state index contributed by atoms with van der Waals surface area (Å²) in [5.41, 5.74) is 1.22. The Morgan fingerprint density at radius 3 is 2.84 bits per heavy atom. The van der Waals surface area contributed by atoms with Crippen molar-refractivity contribution in [3.63, 3.8) is 0 Å². The van der Waals surface area contributed by atoms with Gasteiger partial charge in [0.2, 0.25) is 0 Å². The van der Waals surface area contributed by atoms with Crippen LogP contribution in [0.3, 0.4) is 0 Å². The van der Waals surface area contributed by atoms with E-state index in [9.17, 15) is 0 Å². The third-order valence-electron chi connectivity index (χ3n) is 3.01. The third-order valence-corrected chi connectivity index (χ3v) is 4.22. The van der Waals surface area contributed by atoms with Crippen LogP contribution in [0.15, 0.2) is 42.6 Å². The van der Waals surface area contributed by atoms with Gasteiger partial charge in [0.15, 0.2) is 0 Å². The molecule has 1 aromatic carbocycles. The summed E-state index contributed by atoms with van der Waals surface area (Å²) in [5.74, 6) is 0.923. The number of benzene rings is 1. The molecule has 0 aliphatic carbocycles. The van der Waals surface area contributed by atoms with E-state index >= 15 is 0 Å². The zero-order valence-electron chi connectivity index (χ0n) is 10.6. The largest absolute Gasteiger partial charge is 0.494 e. The molecule has 0 spiro atoms. The zero-order valence-corrected chi connectivity index (χ0v) is 12.2. The summed E-state index contributed by atoms with van der Waals surface area (Å²) >= 11 is 7.59. The standard InChI is InChI=1S/C15H14ClNOS/c1-2-18-12-3-5-14-11(9-12)7-8-17(14)10-13-4-6-15(16)19-13/h3-9H,2,10H2,1H3. The summed E-state index contributed by atoms with van der Waals surface area (Å²) in [6, 6.07) is 12.3. The van der Waals surface area contributed by atoms with Gasteiger partial charge in [-0.3, -0.25) is 0 Å². The number of hydrogen-bond acceptors (Lipinski definition) is 2. The summed E-state index contributed by atoms with van der Waals surface area (Å²) < 4.78 is 8.59. The van der Waals surface area contributed by atoms with Crippen LogP contribution in [0.2, 0.25) is 4.34 Å². The van der Waals surface area contributed by atoms with Crippen molar-refractivity contribution in [2.75, 3.05) is 6.61 Å². The molecule has 0 saturated carbocycles. The molecular weight excluding hydrogens is 278 g/mol. The average molecular weight is 292 g/mol. The molecule has 4 heteroatoms. The van der Waals surface area contributed by atoms with Crippen molar-refractivity contribution in [2.24, 2.45) is 0 Å². The van der Waals surface area contributed by atoms with E-state index in [2.05, 4.69) is 35.0 Å². The Bertz CT molecular complexity index is 701. The van der Waals surface area contributed by atoms with Gasteiger partial charge in [-0.15, -0.1) is 11.3 Å². The van der Waals surface area contributed by atoms with E-state index in [1.54, 1.807) is 11.3 Å². The van der Waals surface area contributed by atoms with E-state index in [-0.39, 0.29) is 0 Å². The van der Waals surface area contributed by atoms with Gasteiger partial charge in [-0.1, -0.05) is 11.6 Å². The first-order chi connectivity index (χ1) is 9.26. The Morgan fingerprint density at radius 1 is 1.21 bits per heavy atom. The van der Waals surface area contributed by atoms with Gasteiger partial charge in [0, 0.05) is 22.0 Å². The summed E-state index contributed by atoms with van der Waals surface area (Å²) in [6.45, 7) is 3.55. The number of halogens is 1. The first-order valence-electron chi connectivity index (χ1n) is 6.22. The lowest BCUT2D eigenvalue weighted by atomic mass is 10.2. The molecule has 2 aromatic heterocycles. The van der Waals surface area contributed by atoms with Gasteiger partial charge in [-0.2, -0.15) is 0 Å². The molecule has 0 aliphatic heterocycles. The number of thiophene rings is 1. The van der Waals surface area contributed by atoms with Crippen molar-refractivity contribution in [1.29, 1.82) is 0 Å². The predicted octanol–water partition coefficient (Wildman–Crippen LogP) is 4.80. The Hall–Kier alpha value is -1.45. The maximum atomic E-state index is 5.97. The Labute approximate surface area is 121 Å². The number of nitrogens with zero attached hydrogens (tertiary/aromatic N) is 1. The fourth-order valence-electron chi connectivity index (χ4n) is 2.18. The number of hydrogen-bond donors (Lipinski definition) is 0. The molecule has 0 radical (unpaired) electrons. The number of rotatable bonds is 4. The molecule has 2 heterocycles. The van der Waals surface area contributed by atoms with Gasteiger partial charge in [-0.25, -0.2) is 0 Å². The summed E-state index contributed by atoms with van der Waals surface area (Å²) in [6.07, 6.45) is 2.11. The SMILES string of the molecule is CCOc1ccc2c(ccn2Cc2ccc(Cl)s2)c1. The molecule has 0 amide bonds. The molecule has 98 valence electrons. The lowest BCUT2D eigenvalue weighted by Crippen LogP contribution is -1.95. The maximum Gasteiger partial charge on any atom is 0.120 e. The van der Waals surface area contributed by atoms with Crippen LogP contribution in [-0.2, 0) is 6.54 Å². The molecule has 0 N–H and O–H groups in total. The van der Waals surface area contributed by atoms with Gasteiger partial charge in [0.25, 0.3) is 0 Å². The topological polar surface area (TPSA) is 14.2 Å². The molecule has 3 aromatic rings. The molecule has 3 rings (SSSR count). The van der Waals surface area contributed by atoms with Gasteiger partial charge < -0.3 is 9.30 Å². The van der Waals surface area contributed by atoms with Crippen molar-refractivity contribution < 1.29 is 4.74 Å². The Kier molecular flexibility index (Phi) is 3.49. The Morgan fingerprint density at radius 2 is 2.11 bits per heavy atom. The molecular formula is C15H14ClNOS. The second-order valence-electron chi connectivity index (χ2n) is 4.30. The lowest BCUT2D eigenvalue weighted by molar-refractivity contribution is 0.340. The van der Waals surface area contributed by atoms with Crippen LogP contribution in [0.25, 0.3) is 10.9 Å². The van der Waals surface area contributed by atoms with Crippen LogP contribution in [0.1, 0.15) is 11.8 Å². The van der Waals surface area contributed by atoms with E-state index in [4.69, 9.17) is 16.3 Å². The van der Waals surface area contributed by atoms with Gasteiger partial charge in [0.1, 0.15) is 5.75 Å². The first kappa shape index (κ1) is 12.6. The minimum atomic E-state index is 0.694. The fourth-order valence-corrected chi connectivity index (χ4v) is 3.26. The minimum Gasteiger partial charge on any atom is -0.494 e. The van der Waals surface area contributed by atoms with E-state index in [0.29, 0.717) is 6.61 Å². The van der Waals surface area contributed by atoms with Crippen molar-refractivity contribution >= 4 is 33.8 Å². The fraction of sp³-hybridized carbons (Fsp3) is 0.200. The predicted molar refractivity (Wildman–Crippen MR) is 81.5 cm³/mol.